The Balaban J connectivity index is 1.45. The van der Waals surface area contributed by atoms with Gasteiger partial charge in [0.25, 0.3) is 5.91 Å². The van der Waals surface area contributed by atoms with Crippen molar-refractivity contribution in [3.63, 3.8) is 0 Å². The van der Waals surface area contributed by atoms with Crippen molar-refractivity contribution in [2.75, 3.05) is 39.3 Å². The van der Waals surface area contributed by atoms with E-state index in [1.54, 1.807) is 6.92 Å². The highest BCUT2D eigenvalue weighted by atomic mass is 16.4. The molecular formula is C33H36N4O3. The Morgan fingerprint density at radius 2 is 1.50 bits per heavy atom. The molecule has 3 aromatic carbocycles. The molecule has 1 aromatic heterocycles. The van der Waals surface area contributed by atoms with Gasteiger partial charge in [0.1, 0.15) is 0 Å². The van der Waals surface area contributed by atoms with Crippen LogP contribution in [-0.2, 0) is 17.8 Å². The molecule has 0 unspecified atom stereocenters. The number of nitrogens with zero attached hydrogens (tertiary/aromatic N) is 3. The number of piperazine rings is 1. The lowest BCUT2D eigenvalue weighted by molar-refractivity contribution is -0.141. The molecule has 4 aromatic rings. The predicted octanol–water partition coefficient (Wildman–Crippen LogP) is 4.71. The molecule has 2 N–H and O–H groups in total. The van der Waals surface area contributed by atoms with Crippen LogP contribution in [-0.4, -0.2) is 71.0 Å². The van der Waals surface area contributed by atoms with E-state index in [0.29, 0.717) is 25.2 Å². The van der Waals surface area contributed by atoms with Crippen molar-refractivity contribution >= 4 is 22.8 Å². The number of aliphatic carboxylic acids is 1. The zero-order valence-electron chi connectivity index (χ0n) is 22.9. The fourth-order valence-electron chi connectivity index (χ4n) is 5.37. The maximum atomic E-state index is 13.9. The second kappa shape index (κ2) is 12.9. The van der Waals surface area contributed by atoms with Crippen molar-refractivity contribution in [1.82, 2.24) is 20.1 Å². The van der Waals surface area contributed by atoms with E-state index in [2.05, 4.69) is 27.2 Å². The third-order valence-electron chi connectivity index (χ3n) is 7.61. The van der Waals surface area contributed by atoms with E-state index in [1.165, 1.54) is 5.56 Å². The van der Waals surface area contributed by atoms with Crippen molar-refractivity contribution < 1.29 is 14.7 Å². The summed E-state index contributed by atoms with van der Waals surface area (Å²) in [4.78, 5) is 34.9. The highest BCUT2D eigenvalue weighted by Crippen LogP contribution is 2.31. The molecule has 5 rings (SSSR count). The first-order valence-corrected chi connectivity index (χ1v) is 14.0. The normalized spacial score (nSPS) is 15.1. The van der Waals surface area contributed by atoms with Gasteiger partial charge >= 0.3 is 5.97 Å². The SMILES string of the molecule is C[C@@H](CN1CCN(Cc2c(-c3ccccc3)nc3ccccc3c2C(=O)NCCc2ccccc2)CC1)C(=O)O. The summed E-state index contributed by atoms with van der Waals surface area (Å²) in [6, 6.07) is 28.1. The molecule has 2 heterocycles. The number of pyridine rings is 1. The molecule has 1 atom stereocenters. The van der Waals surface area contributed by atoms with Crippen LogP contribution in [0, 0.1) is 5.92 Å². The summed E-state index contributed by atoms with van der Waals surface area (Å²) < 4.78 is 0. The second-order valence-corrected chi connectivity index (χ2v) is 10.5. The van der Waals surface area contributed by atoms with Crippen molar-refractivity contribution in [3.8, 4) is 11.3 Å². The number of hydrogen-bond donors (Lipinski definition) is 2. The van der Waals surface area contributed by atoms with E-state index < -0.39 is 11.9 Å². The first kappa shape index (κ1) is 27.5. The summed E-state index contributed by atoms with van der Waals surface area (Å²) in [5, 5.41) is 13.3. The van der Waals surface area contributed by atoms with Crippen LogP contribution in [0.5, 0.6) is 0 Å². The zero-order valence-corrected chi connectivity index (χ0v) is 22.9. The highest BCUT2D eigenvalue weighted by Gasteiger charge is 2.26. The Labute approximate surface area is 235 Å². The third-order valence-corrected chi connectivity index (χ3v) is 7.61. The van der Waals surface area contributed by atoms with Gasteiger partial charge in [-0.2, -0.15) is 0 Å². The molecule has 0 spiro atoms. The van der Waals surface area contributed by atoms with Gasteiger partial charge in [0.05, 0.1) is 22.7 Å². The van der Waals surface area contributed by atoms with E-state index in [9.17, 15) is 14.7 Å². The van der Waals surface area contributed by atoms with E-state index >= 15 is 0 Å². The number of nitrogens with one attached hydrogen (secondary N) is 1. The van der Waals surface area contributed by atoms with Gasteiger partial charge in [0.15, 0.2) is 0 Å². The minimum atomic E-state index is -0.764. The van der Waals surface area contributed by atoms with Crippen LogP contribution in [0.15, 0.2) is 84.9 Å². The van der Waals surface area contributed by atoms with Gasteiger partial charge in [-0.15, -0.1) is 0 Å². The molecule has 206 valence electrons. The summed E-state index contributed by atoms with van der Waals surface area (Å²) >= 11 is 0. The molecule has 1 saturated heterocycles. The van der Waals surface area contributed by atoms with Gasteiger partial charge in [-0.3, -0.25) is 19.4 Å². The molecule has 7 nitrogen and oxygen atoms in total. The lowest BCUT2D eigenvalue weighted by Gasteiger charge is -2.36. The summed E-state index contributed by atoms with van der Waals surface area (Å²) in [6.07, 6.45) is 0.757. The molecule has 0 bridgehead atoms. The number of carbonyl (C=O) groups excluding carboxylic acids is 1. The Morgan fingerprint density at radius 3 is 2.20 bits per heavy atom. The first-order valence-electron chi connectivity index (χ1n) is 14.0. The largest absolute Gasteiger partial charge is 0.481 e. The van der Waals surface area contributed by atoms with Crippen molar-refractivity contribution in [3.05, 3.63) is 102 Å². The molecule has 0 radical (unpaired) electrons. The summed E-state index contributed by atoms with van der Waals surface area (Å²) in [6.45, 7) is 6.60. The number of hydrogen-bond acceptors (Lipinski definition) is 5. The van der Waals surface area contributed by atoms with Gasteiger partial charge in [0, 0.05) is 62.3 Å². The quantitative estimate of drug-likeness (QED) is 0.305. The molecule has 7 heteroatoms. The number of carboxylic acid groups (broad SMARTS) is 1. The topological polar surface area (TPSA) is 85.8 Å². The van der Waals surface area contributed by atoms with Gasteiger partial charge < -0.3 is 10.4 Å². The molecule has 1 fully saturated rings. The van der Waals surface area contributed by atoms with E-state index in [4.69, 9.17) is 4.98 Å². The number of carboxylic acids is 1. The van der Waals surface area contributed by atoms with E-state index in [-0.39, 0.29) is 5.91 Å². The molecular weight excluding hydrogens is 500 g/mol. The van der Waals surface area contributed by atoms with E-state index in [0.717, 1.165) is 60.3 Å². The van der Waals surface area contributed by atoms with Gasteiger partial charge in [0.2, 0.25) is 0 Å². The monoisotopic (exact) mass is 536 g/mol. The maximum Gasteiger partial charge on any atom is 0.307 e. The number of amides is 1. The maximum absolute atomic E-state index is 13.9. The Hall–Kier alpha value is -4.07. The van der Waals surface area contributed by atoms with Crippen LogP contribution in [0.4, 0.5) is 0 Å². The first-order chi connectivity index (χ1) is 19.5. The van der Waals surface area contributed by atoms with Gasteiger partial charge in [-0.1, -0.05) is 85.8 Å². The van der Waals surface area contributed by atoms with Gasteiger partial charge in [-0.25, -0.2) is 4.98 Å². The molecule has 1 amide bonds. The number of aromatic nitrogens is 1. The Kier molecular flexibility index (Phi) is 8.84. The smallest absolute Gasteiger partial charge is 0.307 e. The number of benzene rings is 3. The Bertz CT molecular complexity index is 1450. The third kappa shape index (κ3) is 6.55. The van der Waals surface area contributed by atoms with Crippen LogP contribution in [0.1, 0.15) is 28.4 Å². The summed E-state index contributed by atoms with van der Waals surface area (Å²) in [5.74, 6) is -1.25. The summed E-state index contributed by atoms with van der Waals surface area (Å²) in [5.41, 5.74) is 5.40. The van der Waals surface area contributed by atoms with Crippen molar-refractivity contribution in [2.45, 2.75) is 19.9 Å². The van der Waals surface area contributed by atoms with Crippen LogP contribution in [0.2, 0.25) is 0 Å². The fraction of sp³-hybridized carbons (Fsp3) is 0.303. The molecule has 0 aliphatic carbocycles. The summed E-state index contributed by atoms with van der Waals surface area (Å²) in [7, 11) is 0. The highest BCUT2D eigenvalue weighted by molar-refractivity contribution is 6.09. The minimum absolute atomic E-state index is 0.0874. The Morgan fingerprint density at radius 1 is 0.875 bits per heavy atom. The van der Waals surface area contributed by atoms with Crippen LogP contribution >= 0.6 is 0 Å². The minimum Gasteiger partial charge on any atom is -0.481 e. The van der Waals surface area contributed by atoms with Gasteiger partial charge in [-0.05, 0) is 18.1 Å². The number of para-hydroxylation sites is 1. The number of carbonyl (C=O) groups is 2. The van der Waals surface area contributed by atoms with Crippen LogP contribution in [0.25, 0.3) is 22.2 Å². The molecule has 1 aliphatic heterocycles. The van der Waals surface area contributed by atoms with Crippen molar-refractivity contribution in [2.24, 2.45) is 5.92 Å². The molecule has 0 saturated carbocycles. The lowest BCUT2D eigenvalue weighted by atomic mass is 9.95. The predicted molar refractivity (Wildman–Crippen MR) is 158 cm³/mol. The molecule has 40 heavy (non-hydrogen) atoms. The zero-order chi connectivity index (χ0) is 27.9. The van der Waals surface area contributed by atoms with Crippen LogP contribution < -0.4 is 5.32 Å². The average molecular weight is 537 g/mol. The second-order valence-electron chi connectivity index (χ2n) is 10.5. The van der Waals surface area contributed by atoms with E-state index in [1.807, 2.05) is 72.8 Å². The fourth-order valence-corrected chi connectivity index (χ4v) is 5.37. The number of fused-ring (bicyclic) bond motifs is 1. The van der Waals surface area contributed by atoms with Crippen LogP contribution in [0.3, 0.4) is 0 Å². The number of rotatable bonds is 10. The average Bonchev–Trinajstić information content (AvgIpc) is 2.98. The lowest BCUT2D eigenvalue weighted by Crippen LogP contribution is -2.48. The van der Waals surface area contributed by atoms with Crippen molar-refractivity contribution in [1.29, 1.82) is 0 Å². The standard InChI is InChI=1S/C33H36N4O3/c1-24(33(39)40)22-36-18-20-37(21-19-36)23-28-30(32(38)34-17-16-25-10-4-2-5-11-25)27-14-8-9-15-29(27)35-31(28)26-12-6-3-7-13-26/h2-15,24H,16-23H2,1H3,(H,34,38)(H,39,40)/t24-/m0/s1. The molecule has 1 aliphatic rings.